The topological polar surface area (TPSA) is 85.5 Å². The highest BCUT2D eigenvalue weighted by Gasteiger charge is 2.41. The smallest absolute Gasteiger partial charge is 0.310 e. The Bertz CT molecular complexity index is 488. The fraction of sp³-hybridized carbons (Fsp3) is 0.800. The summed E-state index contributed by atoms with van der Waals surface area (Å²) in [6, 6.07) is 0. The van der Waals surface area contributed by atoms with E-state index in [1.165, 1.54) is 0 Å². The average Bonchev–Trinajstić information content (AvgIpc) is 3.12. The van der Waals surface area contributed by atoms with Gasteiger partial charge in [-0.1, -0.05) is 24.4 Å². The molecule has 1 N–H and O–H groups in total. The fourth-order valence-corrected chi connectivity index (χ4v) is 3.44. The van der Waals surface area contributed by atoms with E-state index in [0.717, 1.165) is 38.7 Å². The summed E-state index contributed by atoms with van der Waals surface area (Å²) in [6.45, 7) is 0.803. The summed E-state index contributed by atoms with van der Waals surface area (Å²) in [5.41, 5.74) is -0.716. The first-order chi connectivity index (χ1) is 10.2. The minimum atomic E-state index is -0.735. The van der Waals surface area contributed by atoms with Crippen molar-refractivity contribution in [1.29, 1.82) is 0 Å². The van der Waals surface area contributed by atoms with E-state index in [0.29, 0.717) is 37.4 Å². The van der Waals surface area contributed by atoms with Crippen molar-refractivity contribution in [2.24, 2.45) is 5.41 Å². The second-order valence-electron chi connectivity index (χ2n) is 6.27. The van der Waals surface area contributed by atoms with Gasteiger partial charge in [-0.25, -0.2) is 0 Å². The van der Waals surface area contributed by atoms with Crippen molar-refractivity contribution in [2.45, 2.75) is 63.9 Å². The zero-order chi connectivity index (χ0) is 14.7. The van der Waals surface area contributed by atoms with Crippen molar-refractivity contribution in [3.05, 3.63) is 11.7 Å². The Morgan fingerprint density at radius 1 is 1.29 bits per heavy atom. The number of aliphatic carboxylic acids is 1. The molecule has 1 atom stereocenters. The van der Waals surface area contributed by atoms with Crippen LogP contribution in [0.2, 0.25) is 0 Å². The molecule has 6 heteroatoms. The van der Waals surface area contributed by atoms with Gasteiger partial charge in [0.05, 0.1) is 11.5 Å². The molecular weight excluding hydrogens is 272 g/mol. The van der Waals surface area contributed by atoms with Crippen LogP contribution < -0.4 is 0 Å². The van der Waals surface area contributed by atoms with Crippen LogP contribution in [0.15, 0.2) is 4.52 Å². The van der Waals surface area contributed by atoms with Gasteiger partial charge in [0.1, 0.15) is 0 Å². The Morgan fingerprint density at radius 3 is 2.76 bits per heavy atom. The molecule has 1 saturated heterocycles. The Labute approximate surface area is 123 Å². The first kappa shape index (κ1) is 14.5. The van der Waals surface area contributed by atoms with Crippen molar-refractivity contribution < 1.29 is 19.2 Å². The number of aromatic nitrogens is 2. The van der Waals surface area contributed by atoms with Gasteiger partial charge < -0.3 is 14.4 Å². The molecule has 6 nitrogen and oxygen atoms in total. The molecule has 0 amide bonds. The van der Waals surface area contributed by atoms with Crippen LogP contribution in [0.3, 0.4) is 0 Å². The van der Waals surface area contributed by atoms with E-state index in [-0.39, 0.29) is 6.10 Å². The maximum atomic E-state index is 11.7. The summed E-state index contributed by atoms with van der Waals surface area (Å²) in [5.74, 6) is 0.349. The highest BCUT2D eigenvalue weighted by Crippen LogP contribution is 2.39. The van der Waals surface area contributed by atoms with Gasteiger partial charge in [-0.2, -0.15) is 4.98 Å². The molecule has 0 spiro atoms. The van der Waals surface area contributed by atoms with E-state index in [4.69, 9.17) is 9.26 Å². The average molecular weight is 294 g/mol. The second-order valence-corrected chi connectivity index (χ2v) is 6.27. The van der Waals surface area contributed by atoms with Crippen LogP contribution in [-0.2, 0) is 22.4 Å². The largest absolute Gasteiger partial charge is 0.481 e. The molecule has 1 unspecified atom stereocenters. The number of hydrogen-bond acceptors (Lipinski definition) is 5. The maximum absolute atomic E-state index is 11.7. The lowest BCUT2D eigenvalue weighted by Gasteiger charge is -2.31. The van der Waals surface area contributed by atoms with Gasteiger partial charge in [0.25, 0.3) is 0 Å². The van der Waals surface area contributed by atoms with Gasteiger partial charge in [0.15, 0.2) is 5.82 Å². The molecule has 3 rings (SSSR count). The van der Waals surface area contributed by atoms with E-state index in [1.807, 2.05) is 0 Å². The van der Waals surface area contributed by atoms with Crippen molar-refractivity contribution in [3.63, 3.8) is 0 Å². The molecule has 0 aromatic carbocycles. The van der Waals surface area contributed by atoms with Crippen molar-refractivity contribution in [3.8, 4) is 0 Å². The van der Waals surface area contributed by atoms with Gasteiger partial charge in [0, 0.05) is 19.4 Å². The number of carboxylic acid groups (broad SMARTS) is 1. The van der Waals surface area contributed by atoms with Crippen molar-refractivity contribution >= 4 is 5.97 Å². The summed E-state index contributed by atoms with van der Waals surface area (Å²) < 4.78 is 10.8. The molecule has 0 radical (unpaired) electrons. The van der Waals surface area contributed by atoms with Crippen LogP contribution in [0.5, 0.6) is 0 Å². The van der Waals surface area contributed by atoms with Gasteiger partial charge >= 0.3 is 5.97 Å². The lowest BCUT2D eigenvalue weighted by molar-refractivity contribution is -0.151. The summed E-state index contributed by atoms with van der Waals surface area (Å²) in [5, 5.41) is 13.6. The predicted molar refractivity (Wildman–Crippen MR) is 73.8 cm³/mol. The number of carbonyl (C=O) groups is 1. The van der Waals surface area contributed by atoms with Crippen LogP contribution in [0.25, 0.3) is 0 Å². The molecule has 2 fully saturated rings. The highest BCUT2D eigenvalue weighted by atomic mass is 16.5. The number of carboxylic acids is 1. The van der Waals surface area contributed by atoms with Gasteiger partial charge in [-0.3, -0.25) is 4.79 Å². The number of nitrogens with zero attached hydrogens (tertiary/aromatic N) is 2. The third-order valence-electron chi connectivity index (χ3n) is 4.70. The monoisotopic (exact) mass is 294 g/mol. The maximum Gasteiger partial charge on any atom is 0.310 e. The molecule has 2 heterocycles. The Balaban J connectivity index is 1.66. The SMILES string of the molecule is O=C(O)C1(Cc2nc(CC3CCCO3)no2)CCCCC1. The van der Waals surface area contributed by atoms with E-state index < -0.39 is 11.4 Å². The van der Waals surface area contributed by atoms with Crippen LogP contribution in [-0.4, -0.2) is 33.9 Å². The molecule has 1 aliphatic heterocycles. The third-order valence-corrected chi connectivity index (χ3v) is 4.70. The standard InChI is InChI=1S/C15H22N2O4/c18-14(19)15(6-2-1-3-7-15)10-13-16-12(17-21-13)9-11-5-4-8-20-11/h11H,1-10H2,(H,18,19). The van der Waals surface area contributed by atoms with E-state index >= 15 is 0 Å². The van der Waals surface area contributed by atoms with E-state index in [2.05, 4.69) is 10.1 Å². The Hall–Kier alpha value is -1.43. The zero-order valence-electron chi connectivity index (χ0n) is 12.2. The van der Waals surface area contributed by atoms with Crippen LogP contribution in [0.4, 0.5) is 0 Å². The van der Waals surface area contributed by atoms with Crippen molar-refractivity contribution in [1.82, 2.24) is 10.1 Å². The van der Waals surface area contributed by atoms with Gasteiger partial charge in [-0.05, 0) is 25.7 Å². The number of ether oxygens (including phenoxy) is 1. The minimum Gasteiger partial charge on any atom is -0.481 e. The number of rotatable bonds is 5. The minimum absolute atomic E-state index is 0.179. The van der Waals surface area contributed by atoms with Crippen molar-refractivity contribution in [2.75, 3.05) is 6.61 Å². The lowest BCUT2D eigenvalue weighted by Crippen LogP contribution is -2.35. The molecule has 1 aromatic rings. The lowest BCUT2D eigenvalue weighted by atomic mass is 9.72. The fourth-order valence-electron chi connectivity index (χ4n) is 3.44. The van der Waals surface area contributed by atoms with Crippen LogP contribution >= 0.6 is 0 Å². The predicted octanol–water partition coefficient (Wildman–Crippen LogP) is 2.37. The second kappa shape index (κ2) is 6.13. The van der Waals surface area contributed by atoms with E-state index in [1.54, 1.807) is 0 Å². The molecule has 2 aliphatic rings. The summed E-state index contributed by atoms with van der Waals surface area (Å²) >= 11 is 0. The first-order valence-corrected chi connectivity index (χ1v) is 7.84. The molecule has 0 bridgehead atoms. The third kappa shape index (κ3) is 3.26. The van der Waals surface area contributed by atoms with Crippen LogP contribution in [0, 0.1) is 5.41 Å². The molecule has 21 heavy (non-hydrogen) atoms. The number of hydrogen-bond donors (Lipinski definition) is 1. The first-order valence-electron chi connectivity index (χ1n) is 7.84. The normalized spacial score (nSPS) is 25.0. The highest BCUT2D eigenvalue weighted by molar-refractivity contribution is 5.75. The van der Waals surface area contributed by atoms with E-state index in [9.17, 15) is 9.90 Å². The Kier molecular flexibility index (Phi) is 4.24. The zero-order valence-corrected chi connectivity index (χ0v) is 12.2. The van der Waals surface area contributed by atoms with Gasteiger partial charge in [0.2, 0.25) is 5.89 Å². The molecule has 1 saturated carbocycles. The van der Waals surface area contributed by atoms with Crippen LogP contribution in [0.1, 0.15) is 56.7 Å². The molecule has 1 aliphatic carbocycles. The molecular formula is C15H22N2O4. The molecule has 116 valence electrons. The quantitative estimate of drug-likeness (QED) is 0.897. The summed E-state index contributed by atoms with van der Waals surface area (Å²) in [4.78, 5) is 16.0. The summed E-state index contributed by atoms with van der Waals surface area (Å²) in [7, 11) is 0. The summed E-state index contributed by atoms with van der Waals surface area (Å²) in [6.07, 6.45) is 7.73. The Morgan fingerprint density at radius 2 is 2.10 bits per heavy atom. The van der Waals surface area contributed by atoms with Gasteiger partial charge in [-0.15, -0.1) is 0 Å². The molecule has 1 aromatic heterocycles.